The molecule has 0 fully saturated rings. The summed E-state index contributed by atoms with van der Waals surface area (Å²) in [6.07, 6.45) is 6.52. The maximum atomic E-state index is 13.2. The molecule has 0 saturated carbocycles. The summed E-state index contributed by atoms with van der Waals surface area (Å²) in [6.45, 7) is 8.82. The van der Waals surface area contributed by atoms with Crippen LogP contribution in [0, 0.1) is 27.7 Å². The number of ether oxygens (including phenoxy) is 1. The standard InChI is InChI=1S/C35H39N2O3/c1-24-9-13-30(14-10-24)35(39)40-34-22-25(2)32(26(3)27(34)4)23-33(38)29-15-11-28(12-16-29)8-7-19-37-20-17-31(18-21-37)36(5)6/h9-18,20-22H,7-8,19,23H2,1-6H3/q+1. The van der Waals surface area contributed by atoms with E-state index < -0.39 is 0 Å². The predicted octanol–water partition coefficient (Wildman–Crippen LogP) is 6.55. The van der Waals surface area contributed by atoms with Crippen LogP contribution in [0.15, 0.2) is 79.1 Å². The highest BCUT2D eigenvalue weighted by Gasteiger charge is 2.18. The van der Waals surface area contributed by atoms with Crippen molar-refractivity contribution in [1.29, 1.82) is 0 Å². The Morgan fingerprint density at radius 3 is 2.05 bits per heavy atom. The number of hydrogen-bond acceptors (Lipinski definition) is 4. The molecule has 0 saturated heterocycles. The van der Waals surface area contributed by atoms with E-state index in [4.69, 9.17) is 4.74 Å². The van der Waals surface area contributed by atoms with Crippen LogP contribution in [0.1, 0.15) is 60.5 Å². The fourth-order valence-corrected chi connectivity index (χ4v) is 4.81. The molecule has 0 bridgehead atoms. The Morgan fingerprint density at radius 2 is 1.43 bits per heavy atom. The molecule has 0 aliphatic carbocycles. The normalized spacial score (nSPS) is 10.8. The largest absolute Gasteiger partial charge is 0.423 e. The smallest absolute Gasteiger partial charge is 0.343 e. The van der Waals surface area contributed by atoms with Gasteiger partial charge in [0, 0.05) is 50.3 Å². The first-order chi connectivity index (χ1) is 19.1. The summed E-state index contributed by atoms with van der Waals surface area (Å²) in [7, 11) is 4.08. The second-order valence-corrected chi connectivity index (χ2v) is 10.8. The number of ketones is 1. The molecule has 0 spiro atoms. The van der Waals surface area contributed by atoms with Gasteiger partial charge in [-0.1, -0.05) is 42.0 Å². The molecular formula is C35H39N2O3+. The molecule has 1 heterocycles. The van der Waals surface area contributed by atoms with Gasteiger partial charge in [0.05, 0.1) is 5.56 Å². The number of hydrogen-bond donors (Lipinski definition) is 0. The van der Waals surface area contributed by atoms with E-state index in [2.05, 4.69) is 46.1 Å². The third-order valence-corrected chi connectivity index (χ3v) is 7.58. The fourth-order valence-electron chi connectivity index (χ4n) is 4.81. The van der Waals surface area contributed by atoms with E-state index in [1.807, 2.05) is 72.1 Å². The van der Waals surface area contributed by atoms with Gasteiger partial charge in [-0.3, -0.25) is 4.79 Å². The highest BCUT2D eigenvalue weighted by atomic mass is 16.5. The second kappa shape index (κ2) is 12.7. The lowest BCUT2D eigenvalue weighted by atomic mass is 9.92. The van der Waals surface area contributed by atoms with Gasteiger partial charge in [0.15, 0.2) is 18.2 Å². The van der Waals surface area contributed by atoms with Crippen LogP contribution in [0.3, 0.4) is 0 Å². The van der Waals surface area contributed by atoms with E-state index in [1.165, 1.54) is 11.3 Å². The van der Waals surface area contributed by atoms with Crippen molar-refractivity contribution < 1.29 is 18.9 Å². The summed E-state index contributed by atoms with van der Waals surface area (Å²) in [5.74, 6) is 0.234. The minimum absolute atomic E-state index is 0.0816. The highest BCUT2D eigenvalue weighted by molar-refractivity contribution is 5.98. The Labute approximate surface area is 238 Å². The van der Waals surface area contributed by atoms with Gasteiger partial charge < -0.3 is 9.64 Å². The maximum Gasteiger partial charge on any atom is 0.343 e. The van der Waals surface area contributed by atoms with Crippen molar-refractivity contribution in [1.82, 2.24) is 0 Å². The van der Waals surface area contributed by atoms with Gasteiger partial charge in [-0.25, -0.2) is 9.36 Å². The Balaban J connectivity index is 1.36. The van der Waals surface area contributed by atoms with Gasteiger partial charge in [-0.15, -0.1) is 0 Å². The van der Waals surface area contributed by atoms with Crippen molar-refractivity contribution in [3.05, 3.63) is 124 Å². The first-order valence-corrected chi connectivity index (χ1v) is 13.8. The molecule has 0 radical (unpaired) electrons. The zero-order valence-electron chi connectivity index (χ0n) is 24.5. The first-order valence-electron chi connectivity index (χ1n) is 13.8. The summed E-state index contributed by atoms with van der Waals surface area (Å²) in [5.41, 5.74) is 8.51. The molecule has 3 aromatic carbocycles. The van der Waals surface area contributed by atoms with Crippen LogP contribution < -0.4 is 14.2 Å². The number of rotatable bonds is 10. The van der Waals surface area contributed by atoms with Gasteiger partial charge in [0.2, 0.25) is 0 Å². The molecule has 4 rings (SSSR count). The number of aromatic nitrogens is 1. The average Bonchev–Trinajstić information content (AvgIpc) is 2.94. The summed E-state index contributed by atoms with van der Waals surface area (Å²) in [4.78, 5) is 28.0. The Kier molecular flexibility index (Phi) is 9.15. The van der Waals surface area contributed by atoms with Crippen molar-refractivity contribution in [3.63, 3.8) is 0 Å². The quantitative estimate of drug-likeness (QED) is 0.1000. The lowest BCUT2D eigenvalue weighted by Gasteiger charge is -2.16. The summed E-state index contributed by atoms with van der Waals surface area (Å²) in [5, 5.41) is 0. The topological polar surface area (TPSA) is 50.5 Å². The van der Waals surface area contributed by atoms with E-state index in [-0.39, 0.29) is 11.8 Å². The van der Waals surface area contributed by atoms with Crippen molar-refractivity contribution in [3.8, 4) is 5.75 Å². The van der Waals surface area contributed by atoms with Crippen LogP contribution in [0.5, 0.6) is 5.75 Å². The number of esters is 1. The molecule has 0 N–H and O–H groups in total. The number of benzene rings is 3. The number of carbonyl (C=O) groups is 2. The summed E-state index contributed by atoms with van der Waals surface area (Å²) in [6, 6.07) is 21.4. The number of anilines is 1. The minimum Gasteiger partial charge on any atom is -0.423 e. The lowest BCUT2D eigenvalue weighted by molar-refractivity contribution is -0.697. The third kappa shape index (κ3) is 7.03. The second-order valence-electron chi connectivity index (χ2n) is 10.8. The molecule has 5 heteroatoms. The number of Topliss-reactive ketones (excluding diaryl/α,β-unsaturated/α-hetero) is 1. The first kappa shape index (κ1) is 28.8. The van der Waals surface area contributed by atoms with Gasteiger partial charge in [0.25, 0.3) is 0 Å². The van der Waals surface area contributed by atoms with E-state index in [0.717, 1.165) is 47.2 Å². The molecule has 0 amide bonds. The van der Waals surface area contributed by atoms with Crippen molar-refractivity contribution >= 4 is 17.4 Å². The number of aryl methyl sites for hydroxylation is 4. The van der Waals surface area contributed by atoms with E-state index in [0.29, 0.717) is 23.3 Å². The van der Waals surface area contributed by atoms with Crippen molar-refractivity contribution in [2.24, 2.45) is 0 Å². The zero-order chi connectivity index (χ0) is 28.8. The summed E-state index contributed by atoms with van der Waals surface area (Å²) < 4.78 is 7.94. The van der Waals surface area contributed by atoms with Crippen molar-refractivity contribution in [2.45, 2.75) is 53.5 Å². The fraction of sp³-hybridized carbons (Fsp3) is 0.286. The number of pyridine rings is 1. The average molecular weight is 536 g/mol. The van der Waals surface area contributed by atoms with Crippen molar-refractivity contribution in [2.75, 3.05) is 19.0 Å². The zero-order valence-corrected chi connectivity index (χ0v) is 24.5. The van der Waals surface area contributed by atoms with E-state index in [1.54, 1.807) is 12.1 Å². The van der Waals surface area contributed by atoms with E-state index in [9.17, 15) is 9.59 Å². The molecule has 0 unspecified atom stereocenters. The van der Waals surface area contributed by atoms with Crippen LogP contribution in [-0.4, -0.2) is 25.8 Å². The highest BCUT2D eigenvalue weighted by Crippen LogP contribution is 2.29. The maximum absolute atomic E-state index is 13.2. The summed E-state index contributed by atoms with van der Waals surface area (Å²) >= 11 is 0. The minimum atomic E-state index is -0.383. The SMILES string of the molecule is Cc1ccc(C(=O)Oc2cc(C)c(CC(=O)c3ccc(CCC[n+]4ccc(N(C)C)cc4)cc3)c(C)c2C)cc1. The molecule has 0 aliphatic heterocycles. The Hall–Kier alpha value is -4.25. The van der Waals surface area contributed by atoms with Gasteiger partial charge in [0.1, 0.15) is 12.3 Å². The molecule has 0 atom stereocenters. The molecule has 4 aromatic rings. The lowest BCUT2D eigenvalue weighted by Crippen LogP contribution is -2.33. The van der Waals surface area contributed by atoms with Gasteiger partial charge in [-0.05, 0) is 80.1 Å². The third-order valence-electron chi connectivity index (χ3n) is 7.58. The van der Waals surface area contributed by atoms with Gasteiger partial charge >= 0.3 is 5.97 Å². The Morgan fingerprint density at radius 1 is 0.800 bits per heavy atom. The predicted molar refractivity (Wildman–Crippen MR) is 161 cm³/mol. The van der Waals surface area contributed by atoms with E-state index >= 15 is 0 Å². The van der Waals surface area contributed by atoms with Gasteiger partial charge in [-0.2, -0.15) is 0 Å². The molecule has 1 aromatic heterocycles. The van der Waals surface area contributed by atoms with Crippen LogP contribution in [0.25, 0.3) is 0 Å². The molecule has 206 valence electrons. The molecule has 0 aliphatic rings. The monoisotopic (exact) mass is 535 g/mol. The molecule has 40 heavy (non-hydrogen) atoms. The molecular weight excluding hydrogens is 496 g/mol. The number of nitrogens with zero attached hydrogens (tertiary/aromatic N) is 2. The van der Waals surface area contributed by atoms with Crippen LogP contribution in [0.2, 0.25) is 0 Å². The van der Waals surface area contributed by atoms with Crippen LogP contribution >= 0.6 is 0 Å². The number of carbonyl (C=O) groups excluding carboxylic acids is 2. The van der Waals surface area contributed by atoms with Crippen LogP contribution in [0.4, 0.5) is 5.69 Å². The van der Waals surface area contributed by atoms with Crippen LogP contribution in [-0.2, 0) is 19.4 Å². The molecule has 5 nitrogen and oxygen atoms in total. The Bertz CT molecular complexity index is 1490.